The van der Waals surface area contributed by atoms with Gasteiger partial charge in [0.1, 0.15) is 17.6 Å². The van der Waals surface area contributed by atoms with Crippen molar-refractivity contribution in [1.29, 1.82) is 0 Å². The summed E-state index contributed by atoms with van der Waals surface area (Å²) < 4.78 is 16.0. The van der Waals surface area contributed by atoms with E-state index in [1.165, 1.54) is 4.90 Å². The molecule has 37 heavy (non-hydrogen) atoms. The second kappa shape index (κ2) is 12.3. The van der Waals surface area contributed by atoms with Crippen molar-refractivity contribution in [3.8, 4) is 11.5 Å². The molecule has 0 bridgehead atoms. The highest BCUT2D eigenvalue weighted by Crippen LogP contribution is 2.23. The summed E-state index contributed by atoms with van der Waals surface area (Å²) in [5.41, 5.74) is 2.72. The minimum Gasteiger partial charge on any atom is -0.497 e. The van der Waals surface area contributed by atoms with Gasteiger partial charge in [0.2, 0.25) is 0 Å². The summed E-state index contributed by atoms with van der Waals surface area (Å²) in [6.07, 6.45) is -0.277. The third-order valence-corrected chi connectivity index (χ3v) is 6.49. The molecule has 8 heteroatoms. The molecule has 1 aliphatic rings. The van der Waals surface area contributed by atoms with Crippen LogP contribution in [0.4, 0.5) is 4.79 Å². The standard InChI is InChI=1S/C29H32N2O6/c1-35-23-12-8-20(9-13-23)16-17-37-28(33)26-27(32)25(18-21-6-4-3-5-7-21)30-29(34)31(26)19-22-10-14-24(36-2)15-11-22/h3-15,25-27,32H,16-19H2,1-2H3,(H,30,34)/t25-,26+,27+/m0/s1. The normalized spacial score (nSPS) is 19.2. The summed E-state index contributed by atoms with van der Waals surface area (Å²) in [6, 6.07) is 22.0. The molecule has 0 spiro atoms. The third-order valence-electron chi connectivity index (χ3n) is 6.49. The number of esters is 1. The molecule has 0 radical (unpaired) electrons. The lowest BCUT2D eigenvalue weighted by molar-refractivity contribution is -0.155. The molecule has 0 aromatic heterocycles. The molecule has 1 aliphatic heterocycles. The molecular formula is C29H32N2O6. The van der Waals surface area contributed by atoms with Gasteiger partial charge in [0.15, 0.2) is 6.04 Å². The number of urea groups is 1. The first-order chi connectivity index (χ1) is 18.0. The van der Waals surface area contributed by atoms with Crippen LogP contribution in [0.3, 0.4) is 0 Å². The molecule has 0 saturated carbocycles. The van der Waals surface area contributed by atoms with Gasteiger partial charge < -0.3 is 29.5 Å². The van der Waals surface area contributed by atoms with E-state index >= 15 is 0 Å². The summed E-state index contributed by atoms with van der Waals surface area (Å²) in [7, 11) is 3.18. The molecule has 1 fully saturated rings. The Bertz CT molecular complexity index is 1170. The molecule has 1 saturated heterocycles. The predicted molar refractivity (Wildman–Crippen MR) is 138 cm³/mol. The second-order valence-corrected chi connectivity index (χ2v) is 8.92. The van der Waals surface area contributed by atoms with Crippen LogP contribution in [0, 0.1) is 0 Å². The van der Waals surface area contributed by atoms with Crippen LogP contribution in [0.2, 0.25) is 0 Å². The van der Waals surface area contributed by atoms with Crippen LogP contribution in [0.25, 0.3) is 0 Å². The lowest BCUT2D eigenvalue weighted by Gasteiger charge is -2.42. The minimum atomic E-state index is -1.16. The summed E-state index contributed by atoms with van der Waals surface area (Å²) in [5.74, 6) is 0.794. The number of carbonyl (C=O) groups excluding carboxylic acids is 2. The van der Waals surface area contributed by atoms with Crippen LogP contribution >= 0.6 is 0 Å². The van der Waals surface area contributed by atoms with Crippen molar-refractivity contribution in [3.05, 3.63) is 95.6 Å². The Morgan fingerprint density at radius 1 is 0.865 bits per heavy atom. The van der Waals surface area contributed by atoms with Gasteiger partial charge in [-0.05, 0) is 47.4 Å². The number of hydrogen-bond acceptors (Lipinski definition) is 6. The van der Waals surface area contributed by atoms with Crippen molar-refractivity contribution in [1.82, 2.24) is 10.2 Å². The largest absolute Gasteiger partial charge is 0.497 e. The fraction of sp³-hybridized carbons (Fsp3) is 0.310. The molecule has 2 amide bonds. The molecule has 3 atom stereocenters. The van der Waals surface area contributed by atoms with Crippen molar-refractivity contribution < 1.29 is 28.9 Å². The number of aliphatic hydroxyl groups is 1. The van der Waals surface area contributed by atoms with E-state index < -0.39 is 30.2 Å². The maximum Gasteiger partial charge on any atom is 0.331 e. The van der Waals surface area contributed by atoms with Gasteiger partial charge in [0.05, 0.1) is 26.9 Å². The zero-order chi connectivity index (χ0) is 26.2. The first kappa shape index (κ1) is 26.0. The van der Waals surface area contributed by atoms with Gasteiger partial charge >= 0.3 is 12.0 Å². The van der Waals surface area contributed by atoms with Crippen LogP contribution in [-0.2, 0) is 28.9 Å². The number of methoxy groups -OCH3 is 2. The maximum absolute atomic E-state index is 13.3. The van der Waals surface area contributed by atoms with Gasteiger partial charge in [-0.3, -0.25) is 0 Å². The second-order valence-electron chi connectivity index (χ2n) is 8.92. The average Bonchev–Trinajstić information content (AvgIpc) is 2.93. The highest BCUT2D eigenvalue weighted by atomic mass is 16.5. The zero-order valence-electron chi connectivity index (χ0n) is 21.0. The molecule has 3 aromatic carbocycles. The molecular weight excluding hydrogens is 472 g/mol. The number of aliphatic hydroxyl groups excluding tert-OH is 1. The van der Waals surface area contributed by atoms with Crippen molar-refractivity contribution in [3.63, 3.8) is 0 Å². The molecule has 0 aliphatic carbocycles. The van der Waals surface area contributed by atoms with Crippen LogP contribution in [-0.4, -0.2) is 61.0 Å². The van der Waals surface area contributed by atoms with Gasteiger partial charge in [-0.15, -0.1) is 0 Å². The summed E-state index contributed by atoms with van der Waals surface area (Å²) in [6.45, 7) is 0.249. The monoisotopic (exact) mass is 504 g/mol. The highest BCUT2D eigenvalue weighted by molar-refractivity contribution is 5.86. The van der Waals surface area contributed by atoms with E-state index in [1.54, 1.807) is 26.4 Å². The summed E-state index contributed by atoms with van der Waals surface area (Å²) in [5, 5.41) is 14.2. The Morgan fingerprint density at radius 3 is 2.05 bits per heavy atom. The lowest BCUT2D eigenvalue weighted by atomic mass is 9.93. The van der Waals surface area contributed by atoms with E-state index in [1.807, 2.05) is 66.7 Å². The number of amides is 2. The van der Waals surface area contributed by atoms with E-state index in [9.17, 15) is 14.7 Å². The van der Waals surface area contributed by atoms with Crippen molar-refractivity contribution in [2.75, 3.05) is 20.8 Å². The van der Waals surface area contributed by atoms with E-state index in [0.29, 0.717) is 18.6 Å². The van der Waals surface area contributed by atoms with Crippen LogP contribution in [0.1, 0.15) is 16.7 Å². The molecule has 1 heterocycles. The number of benzene rings is 3. The Hall–Kier alpha value is -4.04. The molecule has 4 rings (SSSR count). The summed E-state index contributed by atoms with van der Waals surface area (Å²) >= 11 is 0. The zero-order valence-corrected chi connectivity index (χ0v) is 21.0. The SMILES string of the molecule is COc1ccc(CCOC(=O)[C@H]2[C@H](O)[C@H](Cc3ccccc3)NC(=O)N2Cc2ccc(OC)cc2)cc1. The molecule has 2 N–H and O–H groups in total. The van der Waals surface area contributed by atoms with Crippen LogP contribution in [0.15, 0.2) is 78.9 Å². The molecule has 194 valence electrons. The molecule has 8 nitrogen and oxygen atoms in total. The number of ether oxygens (including phenoxy) is 3. The number of hydrogen-bond donors (Lipinski definition) is 2. The van der Waals surface area contributed by atoms with E-state index in [-0.39, 0.29) is 13.2 Å². The smallest absolute Gasteiger partial charge is 0.331 e. The summed E-state index contributed by atoms with van der Waals surface area (Å²) in [4.78, 5) is 27.8. The van der Waals surface area contributed by atoms with Crippen molar-refractivity contribution >= 4 is 12.0 Å². The van der Waals surface area contributed by atoms with Gasteiger partial charge in [0, 0.05) is 13.0 Å². The minimum absolute atomic E-state index is 0.121. The molecule has 3 aromatic rings. The van der Waals surface area contributed by atoms with Crippen LogP contribution < -0.4 is 14.8 Å². The van der Waals surface area contributed by atoms with E-state index in [0.717, 1.165) is 22.4 Å². The average molecular weight is 505 g/mol. The Balaban J connectivity index is 1.49. The quantitative estimate of drug-likeness (QED) is 0.411. The van der Waals surface area contributed by atoms with Crippen molar-refractivity contribution in [2.24, 2.45) is 0 Å². The van der Waals surface area contributed by atoms with Gasteiger partial charge in [-0.25, -0.2) is 9.59 Å². The maximum atomic E-state index is 13.3. The Kier molecular flexibility index (Phi) is 8.64. The number of rotatable bonds is 10. The number of nitrogens with zero attached hydrogens (tertiary/aromatic N) is 1. The fourth-order valence-corrected chi connectivity index (χ4v) is 4.41. The predicted octanol–water partition coefficient (Wildman–Crippen LogP) is 3.36. The lowest BCUT2D eigenvalue weighted by Crippen LogP contribution is -2.67. The fourth-order valence-electron chi connectivity index (χ4n) is 4.41. The third kappa shape index (κ3) is 6.59. The topological polar surface area (TPSA) is 97.3 Å². The molecule has 0 unspecified atom stereocenters. The van der Waals surface area contributed by atoms with Crippen LogP contribution in [0.5, 0.6) is 11.5 Å². The van der Waals surface area contributed by atoms with Gasteiger partial charge in [-0.1, -0.05) is 54.6 Å². The van der Waals surface area contributed by atoms with E-state index in [2.05, 4.69) is 5.32 Å². The van der Waals surface area contributed by atoms with Crippen molar-refractivity contribution in [2.45, 2.75) is 37.6 Å². The van der Waals surface area contributed by atoms with Gasteiger partial charge in [-0.2, -0.15) is 0 Å². The Morgan fingerprint density at radius 2 is 1.46 bits per heavy atom. The Labute approximate surface area is 216 Å². The van der Waals surface area contributed by atoms with Gasteiger partial charge in [0.25, 0.3) is 0 Å². The first-order valence-corrected chi connectivity index (χ1v) is 12.2. The number of nitrogens with one attached hydrogen (secondary N) is 1. The number of carbonyl (C=O) groups is 2. The van der Waals surface area contributed by atoms with E-state index in [4.69, 9.17) is 14.2 Å². The highest BCUT2D eigenvalue weighted by Gasteiger charge is 2.45. The first-order valence-electron chi connectivity index (χ1n) is 12.2.